The van der Waals surface area contributed by atoms with Crippen LogP contribution < -0.4 is 0 Å². The zero-order chi connectivity index (χ0) is 17.3. The largest absolute Gasteiger partial charge is 0.341 e. The van der Waals surface area contributed by atoms with Crippen LogP contribution in [0.1, 0.15) is 18.4 Å². The van der Waals surface area contributed by atoms with Crippen LogP contribution in [0.25, 0.3) is 0 Å². The highest BCUT2D eigenvalue weighted by molar-refractivity contribution is 5.78. The van der Waals surface area contributed by atoms with Crippen molar-refractivity contribution in [3.63, 3.8) is 0 Å². The number of carbonyl (C=O) groups is 1. The number of fused-ring (bicyclic) bond motifs is 2. The van der Waals surface area contributed by atoms with Gasteiger partial charge in [0.2, 0.25) is 5.91 Å². The van der Waals surface area contributed by atoms with Gasteiger partial charge in [0, 0.05) is 25.7 Å². The monoisotopic (exact) mass is 333 g/mol. The van der Waals surface area contributed by atoms with E-state index < -0.39 is 0 Å². The molecule has 2 bridgehead atoms. The Balaban J connectivity index is 1.53. The fourth-order valence-electron chi connectivity index (χ4n) is 4.53. The van der Waals surface area contributed by atoms with Crippen LogP contribution in [0.2, 0.25) is 0 Å². The molecule has 1 aromatic carbocycles. The summed E-state index contributed by atoms with van der Waals surface area (Å²) in [5.74, 6) is 1.22. The molecule has 1 aliphatic carbocycles. The molecule has 5 heteroatoms. The molecule has 1 aliphatic heterocycles. The Labute approximate surface area is 144 Å². The van der Waals surface area contributed by atoms with Gasteiger partial charge in [0.15, 0.2) is 0 Å². The van der Waals surface area contributed by atoms with Gasteiger partial charge in [0.05, 0.1) is 6.54 Å². The molecule has 24 heavy (non-hydrogen) atoms. The molecule has 3 atom stereocenters. The molecule has 1 amide bonds. The molecule has 3 rings (SSSR count). The highest BCUT2D eigenvalue weighted by atomic mass is 19.1. The van der Waals surface area contributed by atoms with Crippen LogP contribution in [0.5, 0.6) is 0 Å². The number of halogens is 1. The third kappa shape index (κ3) is 3.78. The Hall–Kier alpha value is -1.46. The molecule has 4 nitrogen and oxygen atoms in total. The molecule has 1 heterocycles. The number of hydrogen-bond acceptors (Lipinski definition) is 3. The molecule has 0 spiro atoms. The van der Waals surface area contributed by atoms with Gasteiger partial charge in [0.25, 0.3) is 0 Å². The van der Waals surface area contributed by atoms with Crippen molar-refractivity contribution in [1.29, 1.82) is 0 Å². The van der Waals surface area contributed by atoms with Crippen LogP contribution >= 0.6 is 0 Å². The first kappa shape index (κ1) is 17.4. The second-order valence-electron chi connectivity index (χ2n) is 7.65. The molecule has 0 aromatic heterocycles. The number of rotatable bonds is 5. The summed E-state index contributed by atoms with van der Waals surface area (Å²) in [6.07, 6.45) is 2.48. The second kappa shape index (κ2) is 7.19. The SMILES string of the molecule is CN(CC(=O)N1C[C@H]2CC[C@@H](C1)C2N(C)C)Cc1ccc(F)cc1. The maximum Gasteiger partial charge on any atom is 0.236 e. The number of likely N-dealkylation sites (N-methyl/N-ethyl adjacent to an activating group) is 1. The maximum absolute atomic E-state index is 13.0. The van der Waals surface area contributed by atoms with E-state index in [1.54, 1.807) is 12.1 Å². The summed E-state index contributed by atoms with van der Waals surface area (Å²) in [6.45, 7) is 2.86. The molecule has 1 saturated carbocycles. The minimum atomic E-state index is -0.225. The summed E-state index contributed by atoms with van der Waals surface area (Å²) in [4.78, 5) is 19.1. The number of amides is 1. The molecular weight excluding hydrogens is 305 g/mol. The van der Waals surface area contributed by atoms with E-state index in [4.69, 9.17) is 0 Å². The molecule has 0 radical (unpaired) electrons. The number of hydrogen-bond donors (Lipinski definition) is 0. The quantitative estimate of drug-likeness (QED) is 0.825. The zero-order valence-corrected chi connectivity index (χ0v) is 14.9. The Morgan fingerprint density at radius 1 is 1.12 bits per heavy atom. The van der Waals surface area contributed by atoms with Crippen LogP contribution in [0.4, 0.5) is 4.39 Å². The van der Waals surface area contributed by atoms with Crippen molar-refractivity contribution in [2.24, 2.45) is 11.8 Å². The van der Waals surface area contributed by atoms with Gasteiger partial charge < -0.3 is 9.80 Å². The lowest BCUT2D eigenvalue weighted by Gasteiger charge is -2.41. The van der Waals surface area contributed by atoms with E-state index in [-0.39, 0.29) is 11.7 Å². The minimum absolute atomic E-state index is 0.216. The molecule has 1 unspecified atom stereocenters. The lowest BCUT2D eigenvalue weighted by Crippen LogP contribution is -2.53. The first-order valence-corrected chi connectivity index (χ1v) is 8.81. The van der Waals surface area contributed by atoms with E-state index in [0.717, 1.165) is 18.7 Å². The average Bonchev–Trinajstić information content (AvgIpc) is 2.80. The summed E-state index contributed by atoms with van der Waals surface area (Å²) in [5, 5.41) is 0. The van der Waals surface area contributed by atoms with Gasteiger partial charge in [0.1, 0.15) is 5.82 Å². The van der Waals surface area contributed by atoms with Crippen molar-refractivity contribution in [1.82, 2.24) is 14.7 Å². The second-order valence-corrected chi connectivity index (χ2v) is 7.65. The predicted molar refractivity (Wildman–Crippen MR) is 93.0 cm³/mol. The third-order valence-corrected chi connectivity index (χ3v) is 5.50. The van der Waals surface area contributed by atoms with E-state index in [0.29, 0.717) is 31.0 Å². The smallest absolute Gasteiger partial charge is 0.236 e. The minimum Gasteiger partial charge on any atom is -0.341 e. The highest BCUT2D eigenvalue weighted by Gasteiger charge is 2.44. The average molecular weight is 333 g/mol. The molecular formula is C19H28FN3O. The zero-order valence-electron chi connectivity index (χ0n) is 14.9. The molecule has 0 N–H and O–H groups in total. The molecule has 1 saturated heterocycles. The van der Waals surface area contributed by atoms with Crippen molar-refractivity contribution < 1.29 is 9.18 Å². The van der Waals surface area contributed by atoms with Crippen molar-refractivity contribution in [2.45, 2.75) is 25.4 Å². The lowest BCUT2D eigenvalue weighted by atomic mass is 9.91. The van der Waals surface area contributed by atoms with E-state index in [1.165, 1.54) is 25.0 Å². The number of benzene rings is 1. The van der Waals surface area contributed by atoms with Gasteiger partial charge in [-0.1, -0.05) is 12.1 Å². The van der Waals surface area contributed by atoms with Crippen LogP contribution in [-0.4, -0.2) is 67.4 Å². The lowest BCUT2D eigenvalue weighted by molar-refractivity contribution is -0.135. The Kier molecular flexibility index (Phi) is 5.21. The standard InChI is InChI=1S/C19H28FN3O/c1-21(2)19-15-6-7-16(19)12-23(11-15)18(24)13-22(3)10-14-4-8-17(20)9-5-14/h4-5,8-9,15-16,19H,6-7,10-13H2,1-3H3/t15-,16+,19?. The van der Waals surface area contributed by atoms with Gasteiger partial charge in [-0.05, 0) is 63.5 Å². The van der Waals surface area contributed by atoms with Gasteiger partial charge in [-0.2, -0.15) is 0 Å². The van der Waals surface area contributed by atoms with Gasteiger partial charge >= 0.3 is 0 Å². The van der Waals surface area contributed by atoms with Gasteiger partial charge in [-0.3, -0.25) is 9.69 Å². The van der Waals surface area contributed by atoms with E-state index in [9.17, 15) is 9.18 Å². The molecule has 132 valence electrons. The predicted octanol–water partition coefficient (Wildman–Crippen LogP) is 2.06. The fourth-order valence-corrected chi connectivity index (χ4v) is 4.53. The Morgan fingerprint density at radius 3 is 2.25 bits per heavy atom. The van der Waals surface area contributed by atoms with E-state index in [1.807, 2.05) is 11.9 Å². The van der Waals surface area contributed by atoms with Crippen molar-refractivity contribution in [3.8, 4) is 0 Å². The number of piperidine rings is 1. The van der Waals surface area contributed by atoms with Gasteiger partial charge in [-0.25, -0.2) is 4.39 Å². The molecule has 2 fully saturated rings. The third-order valence-electron chi connectivity index (χ3n) is 5.50. The van der Waals surface area contributed by atoms with Crippen LogP contribution in [0.3, 0.4) is 0 Å². The number of likely N-dealkylation sites (tertiary alicyclic amines) is 1. The highest BCUT2D eigenvalue weighted by Crippen LogP contribution is 2.39. The summed E-state index contributed by atoms with van der Waals surface area (Å²) in [7, 11) is 6.26. The summed E-state index contributed by atoms with van der Waals surface area (Å²) in [5.41, 5.74) is 1.03. The van der Waals surface area contributed by atoms with E-state index >= 15 is 0 Å². The molecule has 2 aliphatic rings. The van der Waals surface area contributed by atoms with Crippen molar-refractivity contribution in [3.05, 3.63) is 35.6 Å². The maximum atomic E-state index is 13.0. The fraction of sp³-hybridized carbons (Fsp3) is 0.632. The Bertz CT molecular complexity index is 560. The van der Waals surface area contributed by atoms with Crippen LogP contribution in [0, 0.1) is 17.7 Å². The Morgan fingerprint density at radius 2 is 1.71 bits per heavy atom. The van der Waals surface area contributed by atoms with Crippen LogP contribution in [-0.2, 0) is 11.3 Å². The number of carbonyl (C=O) groups excluding carboxylic acids is 1. The van der Waals surface area contributed by atoms with Gasteiger partial charge in [-0.15, -0.1) is 0 Å². The first-order chi connectivity index (χ1) is 11.4. The topological polar surface area (TPSA) is 26.8 Å². The summed E-state index contributed by atoms with van der Waals surface area (Å²) in [6, 6.07) is 7.12. The first-order valence-electron chi connectivity index (χ1n) is 8.81. The summed E-state index contributed by atoms with van der Waals surface area (Å²) >= 11 is 0. The van der Waals surface area contributed by atoms with E-state index in [2.05, 4.69) is 23.9 Å². The van der Waals surface area contributed by atoms with Crippen molar-refractivity contribution >= 4 is 5.91 Å². The molecule has 1 aromatic rings. The van der Waals surface area contributed by atoms with Crippen LogP contribution in [0.15, 0.2) is 24.3 Å². The summed E-state index contributed by atoms with van der Waals surface area (Å²) < 4.78 is 13.0. The van der Waals surface area contributed by atoms with Crippen molar-refractivity contribution in [2.75, 3.05) is 40.8 Å². The number of nitrogens with zero attached hydrogens (tertiary/aromatic N) is 3. The normalized spacial score (nSPS) is 26.4.